The number of rotatable bonds is 6. The molecule has 16 heavy (non-hydrogen) atoms. The highest BCUT2D eigenvalue weighted by Gasteiger charge is 2.17. The Bertz CT molecular complexity index is 321. The minimum atomic E-state index is 0.541. The molecule has 1 aromatic heterocycles. The molecule has 1 fully saturated rings. The molecule has 0 saturated carbocycles. The fraction of sp³-hybridized carbons (Fsp3) is 0.727. The molecule has 0 spiro atoms. The first kappa shape index (κ1) is 11.8. The smallest absolute Gasteiger partial charge is 0.185 e. The van der Waals surface area contributed by atoms with Crippen LogP contribution in [0.3, 0.4) is 0 Å². The molecule has 0 amide bonds. The van der Waals surface area contributed by atoms with Gasteiger partial charge in [-0.05, 0) is 13.8 Å². The summed E-state index contributed by atoms with van der Waals surface area (Å²) in [7, 11) is 0. The quantitative estimate of drug-likeness (QED) is 0.818. The molecular formula is C11H19N3OS. The van der Waals surface area contributed by atoms with Gasteiger partial charge in [0, 0.05) is 30.7 Å². The number of hydrogen-bond acceptors (Lipinski definition) is 5. The Morgan fingerprint density at radius 1 is 1.50 bits per heavy atom. The molecule has 90 valence electrons. The third kappa shape index (κ3) is 2.72. The van der Waals surface area contributed by atoms with Crippen LogP contribution in [0.1, 0.15) is 18.7 Å². The second-order valence-corrected chi connectivity index (χ2v) is 4.99. The van der Waals surface area contributed by atoms with Crippen LogP contribution in [0.25, 0.3) is 0 Å². The van der Waals surface area contributed by atoms with E-state index in [-0.39, 0.29) is 0 Å². The number of hydrogen-bond donors (Lipinski definition) is 1. The van der Waals surface area contributed by atoms with Gasteiger partial charge in [-0.2, -0.15) is 0 Å². The lowest BCUT2D eigenvalue weighted by Gasteiger charge is -2.26. The van der Waals surface area contributed by atoms with Gasteiger partial charge in [-0.15, -0.1) is 11.3 Å². The third-order valence-electron chi connectivity index (χ3n) is 2.78. The lowest BCUT2D eigenvalue weighted by molar-refractivity contribution is -0.00568. The average molecular weight is 241 g/mol. The zero-order chi connectivity index (χ0) is 11.4. The molecule has 2 rings (SSSR count). The average Bonchev–Trinajstić information content (AvgIpc) is 2.66. The standard InChI is InChI=1S/C11H19N3OS/c1-3-14(4-2)11-13-6-10(16-11)5-12-9-7-15-8-9/h6,9,12H,3-5,7-8H2,1-2H3. The fourth-order valence-electron chi connectivity index (χ4n) is 1.62. The summed E-state index contributed by atoms with van der Waals surface area (Å²) >= 11 is 1.78. The van der Waals surface area contributed by atoms with Gasteiger partial charge in [-0.25, -0.2) is 4.98 Å². The number of nitrogens with one attached hydrogen (secondary N) is 1. The summed E-state index contributed by atoms with van der Waals surface area (Å²) in [6.45, 7) is 8.97. The van der Waals surface area contributed by atoms with E-state index in [1.54, 1.807) is 11.3 Å². The van der Waals surface area contributed by atoms with Crippen LogP contribution in [0.2, 0.25) is 0 Å². The summed E-state index contributed by atoms with van der Waals surface area (Å²) < 4.78 is 5.12. The predicted molar refractivity (Wildman–Crippen MR) is 67.1 cm³/mol. The normalized spacial score (nSPS) is 16.1. The highest BCUT2D eigenvalue weighted by atomic mass is 32.1. The molecule has 0 unspecified atom stereocenters. The number of anilines is 1. The van der Waals surface area contributed by atoms with Crippen molar-refractivity contribution in [3.05, 3.63) is 11.1 Å². The van der Waals surface area contributed by atoms with E-state index in [1.807, 2.05) is 6.20 Å². The number of ether oxygens (including phenoxy) is 1. The van der Waals surface area contributed by atoms with E-state index in [0.717, 1.165) is 38.0 Å². The Balaban J connectivity index is 1.85. The SMILES string of the molecule is CCN(CC)c1ncc(CNC2COC2)s1. The van der Waals surface area contributed by atoms with Crippen LogP contribution in [0.15, 0.2) is 6.20 Å². The van der Waals surface area contributed by atoms with Crippen LogP contribution >= 0.6 is 11.3 Å². The summed E-state index contributed by atoms with van der Waals surface area (Å²) in [5.74, 6) is 0. The highest BCUT2D eigenvalue weighted by molar-refractivity contribution is 7.15. The largest absolute Gasteiger partial charge is 0.378 e. The monoisotopic (exact) mass is 241 g/mol. The first-order chi connectivity index (χ1) is 7.83. The molecule has 5 heteroatoms. The summed E-state index contributed by atoms with van der Waals surface area (Å²) in [5, 5.41) is 4.58. The van der Waals surface area contributed by atoms with E-state index in [0.29, 0.717) is 6.04 Å². The summed E-state index contributed by atoms with van der Waals surface area (Å²) in [5.41, 5.74) is 0. The minimum absolute atomic E-state index is 0.541. The van der Waals surface area contributed by atoms with Gasteiger partial charge >= 0.3 is 0 Å². The molecule has 1 aliphatic heterocycles. The van der Waals surface area contributed by atoms with E-state index >= 15 is 0 Å². The van der Waals surface area contributed by atoms with Crippen molar-refractivity contribution in [2.24, 2.45) is 0 Å². The Morgan fingerprint density at radius 3 is 2.81 bits per heavy atom. The van der Waals surface area contributed by atoms with Gasteiger partial charge in [0.2, 0.25) is 0 Å². The summed E-state index contributed by atoms with van der Waals surface area (Å²) in [6.07, 6.45) is 1.98. The van der Waals surface area contributed by atoms with Gasteiger partial charge in [-0.3, -0.25) is 0 Å². The molecule has 0 radical (unpaired) electrons. The van der Waals surface area contributed by atoms with Crippen molar-refractivity contribution in [1.82, 2.24) is 10.3 Å². The van der Waals surface area contributed by atoms with Crippen molar-refractivity contribution >= 4 is 16.5 Å². The minimum Gasteiger partial charge on any atom is -0.378 e. The van der Waals surface area contributed by atoms with Crippen LogP contribution in [0.4, 0.5) is 5.13 Å². The van der Waals surface area contributed by atoms with Crippen LogP contribution in [-0.2, 0) is 11.3 Å². The van der Waals surface area contributed by atoms with Crippen molar-refractivity contribution in [2.45, 2.75) is 26.4 Å². The fourth-order valence-corrected chi connectivity index (χ4v) is 2.61. The molecule has 1 saturated heterocycles. The van der Waals surface area contributed by atoms with Gasteiger partial charge < -0.3 is 15.0 Å². The maximum atomic E-state index is 5.12. The van der Waals surface area contributed by atoms with Gasteiger partial charge in [0.25, 0.3) is 0 Å². The van der Waals surface area contributed by atoms with Crippen molar-refractivity contribution in [1.29, 1.82) is 0 Å². The Hall–Kier alpha value is -0.650. The first-order valence-electron chi connectivity index (χ1n) is 5.84. The topological polar surface area (TPSA) is 37.4 Å². The summed E-state index contributed by atoms with van der Waals surface area (Å²) in [6, 6.07) is 0.541. The van der Waals surface area contributed by atoms with E-state index in [2.05, 4.69) is 29.0 Å². The number of aromatic nitrogens is 1. The Kier molecular flexibility index (Phi) is 4.15. The second-order valence-electron chi connectivity index (χ2n) is 3.90. The molecule has 0 aromatic carbocycles. The molecule has 1 aromatic rings. The van der Waals surface area contributed by atoms with E-state index in [9.17, 15) is 0 Å². The lowest BCUT2D eigenvalue weighted by Crippen LogP contribution is -2.45. The van der Waals surface area contributed by atoms with Crippen LogP contribution in [0.5, 0.6) is 0 Å². The van der Waals surface area contributed by atoms with Crippen LogP contribution in [0, 0.1) is 0 Å². The van der Waals surface area contributed by atoms with Gasteiger partial charge in [0.15, 0.2) is 5.13 Å². The molecule has 0 bridgehead atoms. The molecule has 0 atom stereocenters. The van der Waals surface area contributed by atoms with Crippen molar-refractivity contribution in [3.8, 4) is 0 Å². The van der Waals surface area contributed by atoms with Gasteiger partial charge in [-0.1, -0.05) is 0 Å². The number of thiazole rings is 1. The van der Waals surface area contributed by atoms with Gasteiger partial charge in [0.1, 0.15) is 0 Å². The zero-order valence-electron chi connectivity index (χ0n) is 9.90. The highest BCUT2D eigenvalue weighted by Crippen LogP contribution is 2.22. The van der Waals surface area contributed by atoms with E-state index in [4.69, 9.17) is 4.74 Å². The van der Waals surface area contributed by atoms with Crippen molar-refractivity contribution in [3.63, 3.8) is 0 Å². The van der Waals surface area contributed by atoms with Crippen molar-refractivity contribution in [2.75, 3.05) is 31.2 Å². The van der Waals surface area contributed by atoms with Crippen LogP contribution < -0.4 is 10.2 Å². The van der Waals surface area contributed by atoms with E-state index < -0.39 is 0 Å². The maximum absolute atomic E-state index is 5.12. The predicted octanol–water partition coefficient (Wildman–Crippen LogP) is 1.48. The van der Waals surface area contributed by atoms with Crippen LogP contribution in [-0.4, -0.2) is 37.3 Å². The molecule has 1 aliphatic rings. The molecule has 0 aliphatic carbocycles. The van der Waals surface area contributed by atoms with E-state index in [1.165, 1.54) is 4.88 Å². The van der Waals surface area contributed by atoms with Gasteiger partial charge in [0.05, 0.1) is 19.3 Å². The molecular weight excluding hydrogens is 222 g/mol. The summed E-state index contributed by atoms with van der Waals surface area (Å²) in [4.78, 5) is 8.03. The maximum Gasteiger partial charge on any atom is 0.185 e. The third-order valence-corrected chi connectivity index (χ3v) is 3.84. The Labute approximate surface area is 101 Å². The first-order valence-corrected chi connectivity index (χ1v) is 6.66. The van der Waals surface area contributed by atoms with Crippen molar-refractivity contribution < 1.29 is 4.74 Å². The second kappa shape index (κ2) is 5.61. The lowest BCUT2D eigenvalue weighted by atomic mass is 10.2. The molecule has 2 heterocycles. The zero-order valence-corrected chi connectivity index (χ0v) is 10.7. The molecule has 1 N–H and O–H groups in total. The Morgan fingerprint density at radius 2 is 2.25 bits per heavy atom. The molecule has 4 nitrogen and oxygen atoms in total. The number of nitrogens with zero attached hydrogens (tertiary/aromatic N) is 2.